The third-order valence-electron chi connectivity index (χ3n) is 5.38. The number of carbonyl (C=O) groups excluding carboxylic acids is 2. The molecule has 138 valence electrons. The summed E-state index contributed by atoms with van der Waals surface area (Å²) >= 11 is 0. The van der Waals surface area contributed by atoms with Crippen LogP contribution >= 0.6 is 0 Å². The molecule has 1 aliphatic heterocycles. The lowest BCUT2D eigenvalue weighted by Gasteiger charge is -2.33. The maximum Gasteiger partial charge on any atom is 0.277 e. The highest BCUT2D eigenvalue weighted by Gasteiger charge is 2.33. The molecule has 0 spiro atoms. The quantitative estimate of drug-likeness (QED) is 0.878. The zero-order valence-corrected chi connectivity index (χ0v) is 15.7. The molecule has 0 fully saturated rings. The van der Waals surface area contributed by atoms with Gasteiger partial charge < -0.3 is 10.2 Å². The first-order chi connectivity index (χ1) is 13.0. The van der Waals surface area contributed by atoms with Crippen molar-refractivity contribution in [3.8, 4) is 0 Å². The molecule has 0 bridgehead atoms. The molecule has 5 heteroatoms. The number of amides is 2. The Morgan fingerprint density at radius 1 is 1.15 bits per heavy atom. The monoisotopic (exact) mass is 361 g/mol. The fraction of sp³-hybridized carbons (Fsp3) is 0.318. The highest BCUT2D eigenvalue weighted by molar-refractivity contribution is 6.14. The second-order valence-corrected chi connectivity index (χ2v) is 7.38. The summed E-state index contributed by atoms with van der Waals surface area (Å²) in [7, 11) is 3.91. The molecular weight excluding hydrogens is 338 g/mol. The van der Waals surface area contributed by atoms with Gasteiger partial charge in [0.25, 0.3) is 11.8 Å². The van der Waals surface area contributed by atoms with Gasteiger partial charge in [-0.3, -0.25) is 9.59 Å². The van der Waals surface area contributed by atoms with Crippen molar-refractivity contribution in [3.05, 3.63) is 64.9 Å². The summed E-state index contributed by atoms with van der Waals surface area (Å²) in [6.45, 7) is 0. The Morgan fingerprint density at radius 2 is 1.89 bits per heavy atom. The molecule has 5 nitrogen and oxygen atoms in total. The van der Waals surface area contributed by atoms with Gasteiger partial charge in [0.05, 0.1) is 5.71 Å². The van der Waals surface area contributed by atoms with Gasteiger partial charge in [-0.15, -0.1) is 0 Å². The lowest BCUT2D eigenvalue weighted by Crippen LogP contribution is -2.37. The van der Waals surface area contributed by atoms with E-state index in [4.69, 9.17) is 0 Å². The number of hydrogen-bond donors (Lipinski definition) is 1. The fourth-order valence-electron chi connectivity index (χ4n) is 3.90. The van der Waals surface area contributed by atoms with E-state index < -0.39 is 0 Å². The average molecular weight is 361 g/mol. The first kappa shape index (κ1) is 17.5. The van der Waals surface area contributed by atoms with E-state index in [1.54, 1.807) is 12.1 Å². The second kappa shape index (κ2) is 6.99. The fourth-order valence-corrected chi connectivity index (χ4v) is 3.90. The van der Waals surface area contributed by atoms with Gasteiger partial charge in [-0.1, -0.05) is 6.08 Å². The molecule has 0 saturated carbocycles. The molecule has 3 aliphatic rings. The van der Waals surface area contributed by atoms with Gasteiger partial charge in [-0.25, -0.2) is 4.99 Å². The standard InChI is InChI=1S/C22H23N3O2/c1-25(2)16-10-7-14(8-11-16)21(26)23-15-9-12-18-17-5-3-4-6-19(17)22(27)24-20(18)13-15/h7-13,18H,3-6H2,1-2H3,(H,24,27). The van der Waals surface area contributed by atoms with Crippen LogP contribution < -0.4 is 10.2 Å². The van der Waals surface area contributed by atoms with Crippen LogP contribution in [0.3, 0.4) is 0 Å². The number of nitrogens with one attached hydrogen (secondary N) is 1. The minimum Gasteiger partial charge on any atom is -0.378 e. The summed E-state index contributed by atoms with van der Waals surface area (Å²) in [6.07, 6.45) is 9.81. The highest BCUT2D eigenvalue weighted by atomic mass is 16.2. The molecule has 1 unspecified atom stereocenters. The molecule has 27 heavy (non-hydrogen) atoms. The largest absolute Gasteiger partial charge is 0.378 e. The van der Waals surface area contributed by atoms with Crippen LogP contribution in [0.15, 0.2) is 64.3 Å². The van der Waals surface area contributed by atoms with Crippen LogP contribution in [0.4, 0.5) is 5.69 Å². The highest BCUT2D eigenvalue weighted by Crippen LogP contribution is 2.38. The van der Waals surface area contributed by atoms with Crippen molar-refractivity contribution in [1.29, 1.82) is 0 Å². The molecule has 2 amide bonds. The number of rotatable bonds is 2. The number of allylic oxidation sites excluding steroid dienone is 3. The number of fused-ring (bicyclic) bond motifs is 2. The van der Waals surface area contributed by atoms with E-state index in [1.807, 2.05) is 43.3 Å². The van der Waals surface area contributed by atoms with Crippen LogP contribution in [0, 0.1) is 5.92 Å². The van der Waals surface area contributed by atoms with Crippen LogP contribution in [0.1, 0.15) is 36.0 Å². The van der Waals surface area contributed by atoms with Crippen molar-refractivity contribution in [3.63, 3.8) is 0 Å². The van der Waals surface area contributed by atoms with E-state index in [1.165, 1.54) is 5.57 Å². The summed E-state index contributed by atoms with van der Waals surface area (Å²) < 4.78 is 0. The summed E-state index contributed by atoms with van der Waals surface area (Å²) in [6, 6.07) is 7.37. The van der Waals surface area contributed by atoms with Gasteiger partial charge in [0, 0.05) is 42.5 Å². The van der Waals surface area contributed by atoms with Crippen molar-refractivity contribution in [2.45, 2.75) is 25.7 Å². The number of benzene rings is 1. The normalized spacial score (nSPS) is 22.7. The zero-order chi connectivity index (χ0) is 19.0. The maximum atomic E-state index is 12.5. The Balaban J connectivity index is 1.57. The van der Waals surface area contributed by atoms with Gasteiger partial charge in [-0.2, -0.15) is 0 Å². The Kier molecular flexibility index (Phi) is 4.52. The Labute approximate surface area is 159 Å². The molecule has 0 saturated heterocycles. The third-order valence-corrected chi connectivity index (χ3v) is 5.38. The van der Waals surface area contributed by atoms with E-state index >= 15 is 0 Å². The first-order valence-corrected chi connectivity index (χ1v) is 9.36. The zero-order valence-electron chi connectivity index (χ0n) is 15.7. The molecule has 1 N–H and O–H groups in total. The smallest absolute Gasteiger partial charge is 0.277 e. The lowest BCUT2D eigenvalue weighted by atomic mass is 9.77. The van der Waals surface area contributed by atoms with E-state index in [-0.39, 0.29) is 17.7 Å². The van der Waals surface area contributed by atoms with Crippen molar-refractivity contribution < 1.29 is 9.59 Å². The summed E-state index contributed by atoms with van der Waals surface area (Å²) in [4.78, 5) is 31.1. The van der Waals surface area contributed by atoms with Crippen LogP contribution in [-0.4, -0.2) is 31.6 Å². The van der Waals surface area contributed by atoms with Gasteiger partial charge in [0.1, 0.15) is 0 Å². The minimum atomic E-state index is -0.282. The predicted octanol–water partition coefficient (Wildman–Crippen LogP) is 3.40. The average Bonchev–Trinajstić information content (AvgIpc) is 2.68. The van der Waals surface area contributed by atoms with Crippen LogP contribution in [0.2, 0.25) is 0 Å². The summed E-state index contributed by atoms with van der Waals surface area (Å²) in [5.74, 6) is -0.158. The summed E-state index contributed by atoms with van der Waals surface area (Å²) in [5.41, 5.74) is 5.17. The van der Waals surface area contributed by atoms with E-state index in [0.29, 0.717) is 11.3 Å². The van der Waals surface area contributed by atoms with Gasteiger partial charge in [-0.05, 0) is 67.7 Å². The van der Waals surface area contributed by atoms with E-state index in [9.17, 15) is 9.59 Å². The van der Waals surface area contributed by atoms with Crippen molar-refractivity contribution >= 4 is 23.2 Å². The molecule has 1 aromatic rings. The van der Waals surface area contributed by atoms with Crippen LogP contribution in [-0.2, 0) is 4.79 Å². The Bertz CT molecular complexity index is 917. The molecular formula is C22H23N3O2. The Morgan fingerprint density at radius 3 is 2.63 bits per heavy atom. The molecule has 0 aromatic heterocycles. The first-order valence-electron chi connectivity index (χ1n) is 9.36. The second-order valence-electron chi connectivity index (χ2n) is 7.38. The molecule has 1 atom stereocenters. The Hall–Kier alpha value is -2.95. The topological polar surface area (TPSA) is 61.8 Å². The molecule has 1 heterocycles. The van der Waals surface area contributed by atoms with E-state index in [0.717, 1.165) is 42.6 Å². The molecule has 2 aliphatic carbocycles. The molecule has 0 radical (unpaired) electrons. The minimum absolute atomic E-state index is 0.00690. The number of nitrogens with zero attached hydrogens (tertiary/aromatic N) is 2. The predicted molar refractivity (Wildman–Crippen MR) is 107 cm³/mol. The maximum absolute atomic E-state index is 12.5. The number of aliphatic imine (C=N–C) groups is 1. The third kappa shape index (κ3) is 3.37. The summed E-state index contributed by atoms with van der Waals surface area (Å²) in [5, 5.41) is 3.00. The van der Waals surface area contributed by atoms with Crippen molar-refractivity contribution in [2.24, 2.45) is 10.9 Å². The van der Waals surface area contributed by atoms with Gasteiger partial charge in [0.15, 0.2) is 0 Å². The molecule has 1 aromatic carbocycles. The molecule has 4 rings (SSSR count). The SMILES string of the molecule is CN(C)c1ccc(C(=O)N=C2C=CC3C(=C2)NC(=O)C2=C3CCCC2)cc1. The van der Waals surface area contributed by atoms with Crippen molar-refractivity contribution in [2.75, 3.05) is 19.0 Å². The van der Waals surface area contributed by atoms with Crippen LogP contribution in [0.5, 0.6) is 0 Å². The lowest BCUT2D eigenvalue weighted by molar-refractivity contribution is -0.117. The van der Waals surface area contributed by atoms with Crippen LogP contribution in [0.25, 0.3) is 0 Å². The number of hydrogen-bond acceptors (Lipinski definition) is 3. The van der Waals surface area contributed by atoms with Crippen molar-refractivity contribution in [1.82, 2.24) is 5.32 Å². The van der Waals surface area contributed by atoms with E-state index in [2.05, 4.69) is 16.4 Å². The van der Waals surface area contributed by atoms with Gasteiger partial charge >= 0.3 is 0 Å². The number of carbonyl (C=O) groups is 2. The van der Waals surface area contributed by atoms with Gasteiger partial charge in [0.2, 0.25) is 0 Å². The number of anilines is 1.